The van der Waals surface area contributed by atoms with E-state index in [9.17, 15) is 13.2 Å². The number of hydrogen-bond acceptors (Lipinski definition) is 4. The molecule has 15 heavy (non-hydrogen) atoms. The second-order valence-corrected chi connectivity index (χ2v) is 4.54. The highest BCUT2D eigenvalue weighted by Gasteiger charge is 2.16. The fraction of sp³-hybridized carbons (Fsp3) is 0.125. The van der Waals surface area contributed by atoms with Crippen LogP contribution >= 0.6 is 0 Å². The van der Waals surface area contributed by atoms with Crippen LogP contribution in [0.15, 0.2) is 29.2 Å². The van der Waals surface area contributed by atoms with E-state index in [0.717, 1.165) is 5.56 Å². The third-order valence-electron chi connectivity index (χ3n) is 1.66. The first-order valence-corrected chi connectivity index (χ1v) is 5.47. The molecule has 0 heterocycles. The topological polar surface area (TPSA) is 95.5 Å². The summed E-state index contributed by atoms with van der Waals surface area (Å²) in [4.78, 5) is 10.6. The van der Waals surface area contributed by atoms with Crippen LogP contribution < -0.4 is 10.2 Å². The molecule has 7 heteroatoms. The van der Waals surface area contributed by atoms with Crippen molar-refractivity contribution in [1.29, 1.82) is 0 Å². The Bertz CT molecular complexity index is 452. The molecule has 0 bridgehead atoms. The number of benzene rings is 1. The van der Waals surface area contributed by atoms with Crippen LogP contribution in [0.1, 0.15) is 5.56 Å². The minimum atomic E-state index is -3.91. The molecule has 6 nitrogen and oxygen atoms in total. The van der Waals surface area contributed by atoms with Gasteiger partial charge >= 0.3 is 6.03 Å². The molecule has 1 rings (SSSR count). The highest BCUT2D eigenvalue weighted by Crippen LogP contribution is 2.09. The van der Waals surface area contributed by atoms with Gasteiger partial charge in [0.15, 0.2) is 0 Å². The van der Waals surface area contributed by atoms with Gasteiger partial charge in [0.2, 0.25) is 0 Å². The normalized spacial score (nSPS) is 10.8. The zero-order chi connectivity index (χ0) is 11.5. The number of carbonyl (C=O) groups excluding carboxylic acids is 1. The number of hydrogen-bond donors (Lipinski definition) is 3. The summed E-state index contributed by atoms with van der Waals surface area (Å²) < 4.78 is 24.5. The maximum absolute atomic E-state index is 11.4. The molecule has 0 fully saturated rings. The predicted molar refractivity (Wildman–Crippen MR) is 51.8 cm³/mol. The number of rotatable bonds is 2. The molecule has 0 saturated carbocycles. The maximum Gasteiger partial charge on any atom is 0.352 e. The summed E-state index contributed by atoms with van der Waals surface area (Å²) in [7, 11) is -3.91. The van der Waals surface area contributed by atoms with Gasteiger partial charge in [0, 0.05) is 0 Å². The van der Waals surface area contributed by atoms with Crippen LogP contribution in [0.5, 0.6) is 0 Å². The highest BCUT2D eigenvalue weighted by atomic mass is 32.2. The van der Waals surface area contributed by atoms with Crippen LogP contribution in [0, 0.1) is 6.92 Å². The van der Waals surface area contributed by atoms with E-state index in [-0.39, 0.29) is 4.90 Å². The van der Waals surface area contributed by atoms with Crippen LogP contribution in [0.2, 0.25) is 0 Å². The van der Waals surface area contributed by atoms with Crippen molar-refractivity contribution in [3.05, 3.63) is 29.8 Å². The van der Waals surface area contributed by atoms with Gasteiger partial charge in [-0.25, -0.2) is 23.4 Å². The molecule has 2 amide bonds. The molecule has 0 saturated heterocycles. The Morgan fingerprint density at radius 3 is 2.27 bits per heavy atom. The summed E-state index contributed by atoms with van der Waals surface area (Å²) in [6.07, 6.45) is 0. The highest BCUT2D eigenvalue weighted by molar-refractivity contribution is 7.90. The van der Waals surface area contributed by atoms with E-state index >= 15 is 0 Å². The van der Waals surface area contributed by atoms with E-state index in [0.29, 0.717) is 0 Å². The van der Waals surface area contributed by atoms with E-state index < -0.39 is 16.1 Å². The molecule has 1 aromatic carbocycles. The quantitative estimate of drug-likeness (QED) is 0.505. The standard InChI is InChI=1S/C8H10N2O4S/c1-6-2-4-7(5-3-6)15(13,14)10-8(11)9-12/h2-5,12H,1H3,(H2,9,10,11). The number of nitrogens with one attached hydrogen (secondary N) is 2. The number of aryl methyl sites for hydroxylation is 1. The first kappa shape index (κ1) is 11.5. The monoisotopic (exact) mass is 230 g/mol. The van der Waals surface area contributed by atoms with Crippen LogP contribution in [-0.4, -0.2) is 19.7 Å². The smallest absolute Gasteiger partial charge is 0.287 e. The summed E-state index contributed by atoms with van der Waals surface area (Å²) in [6, 6.07) is 4.73. The molecule has 0 spiro atoms. The first-order chi connectivity index (χ1) is 6.95. The SMILES string of the molecule is Cc1ccc(S(=O)(=O)NC(=O)NO)cc1. The largest absolute Gasteiger partial charge is 0.352 e. The molecule has 0 unspecified atom stereocenters. The van der Waals surface area contributed by atoms with Gasteiger partial charge in [0.05, 0.1) is 4.90 Å². The van der Waals surface area contributed by atoms with Crippen LogP contribution in [0.25, 0.3) is 0 Å². The third-order valence-corrected chi connectivity index (χ3v) is 3.01. The lowest BCUT2D eigenvalue weighted by atomic mass is 10.2. The predicted octanol–water partition coefficient (Wildman–Crippen LogP) is 0.372. The third kappa shape index (κ3) is 2.93. The van der Waals surface area contributed by atoms with Crippen molar-refractivity contribution in [2.45, 2.75) is 11.8 Å². The Labute approximate surface area is 86.9 Å². The van der Waals surface area contributed by atoms with Crippen molar-refractivity contribution in [1.82, 2.24) is 10.2 Å². The molecule has 3 N–H and O–H groups in total. The van der Waals surface area contributed by atoms with Crippen LogP contribution in [0.3, 0.4) is 0 Å². The van der Waals surface area contributed by atoms with Crippen LogP contribution in [0.4, 0.5) is 4.79 Å². The Balaban J connectivity index is 2.96. The molecule has 0 atom stereocenters. The molecular weight excluding hydrogens is 220 g/mol. The van der Waals surface area contributed by atoms with Gasteiger partial charge < -0.3 is 0 Å². The van der Waals surface area contributed by atoms with Gasteiger partial charge in [-0.2, -0.15) is 0 Å². The van der Waals surface area contributed by atoms with Gasteiger partial charge in [-0.1, -0.05) is 17.7 Å². The summed E-state index contributed by atoms with van der Waals surface area (Å²) in [5.74, 6) is 0. The minimum Gasteiger partial charge on any atom is -0.287 e. The Morgan fingerprint density at radius 1 is 1.27 bits per heavy atom. The lowest BCUT2D eigenvalue weighted by molar-refractivity contribution is 0.166. The zero-order valence-electron chi connectivity index (χ0n) is 7.89. The second kappa shape index (κ2) is 4.28. The van der Waals surface area contributed by atoms with E-state index in [1.807, 2.05) is 6.92 Å². The van der Waals surface area contributed by atoms with Gasteiger partial charge in [-0.05, 0) is 19.1 Å². The summed E-state index contributed by atoms with van der Waals surface area (Å²) in [6.45, 7) is 1.81. The summed E-state index contributed by atoms with van der Waals surface area (Å²) in [5.41, 5.74) is 2.08. The molecule has 0 radical (unpaired) electrons. The number of carbonyl (C=O) groups is 1. The first-order valence-electron chi connectivity index (χ1n) is 3.99. The van der Waals surface area contributed by atoms with Gasteiger partial charge in [-0.3, -0.25) is 5.21 Å². The molecule has 1 aromatic rings. The summed E-state index contributed by atoms with van der Waals surface area (Å²) >= 11 is 0. The van der Waals surface area contributed by atoms with Crippen molar-refractivity contribution < 1.29 is 18.4 Å². The molecule has 0 aliphatic rings. The van der Waals surface area contributed by atoms with Crippen molar-refractivity contribution in [2.75, 3.05) is 0 Å². The van der Waals surface area contributed by atoms with E-state index in [2.05, 4.69) is 0 Å². The van der Waals surface area contributed by atoms with Gasteiger partial charge in [0.1, 0.15) is 0 Å². The van der Waals surface area contributed by atoms with Crippen molar-refractivity contribution >= 4 is 16.1 Å². The average molecular weight is 230 g/mol. The lowest BCUT2D eigenvalue weighted by Crippen LogP contribution is -2.37. The molecule has 0 aliphatic heterocycles. The minimum absolute atomic E-state index is 0.0447. The van der Waals surface area contributed by atoms with Crippen molar-refractivity contribution in [3.63, 3.8) is 0 Å². The lowest BCUT2D eigenvalue weighted by Gasteiger charge is -2.05. The summed E-state index contributed by atoms with van der Waals surface area (Å²) in [5, 5.41) is 8.16. The Morgan fingerprint density at radius 2 is 1.80 bits per heavy atom. The number of urea groups is 1. The molecule has 0 aliphatic carbocycles. The number of sulfonamides is 1. The maximum atomic E-state index is 11.4. The second-order valence-electron chi connectivity index (χ2n) is 2.86. The van der Waals surface area contributed by atoms with E-state index in [1.54, 1.807) is 16.9 Å². The van der Waals surface area contributed by atoms with E-state index in [1.165, 1.54) is 17.6 Å². The van der Waals surface area contributed by atoms with Gasteiger partial charge in [0.25, 0.3) is 10.0 Å². The zero-order valence-corrected chi connectivity index (χ0v) is 8.71. The van der Waals surface area contributed by atoms with Crippen molar-refractivity contribution in [2.24, 2.45) is 0 Å². The molecule has 82 valence electrons. The molecular formula is C8H10N2O4S. The molecule has 0 aromatic heterocycles. The van der Waals surface area contributed by atoms with Crippen molar-refractivity contribution in [3.8, 4) is 0 Å². The number of hydroxylamine groups is 1. The fourth-order valence-corrected chi connectivity index (χ4v) is 1.82. The number of amides is 2. The Kier molecular flexibility index (Phi) is 3.28. The van der Waals surface area contributed by atoms with E-state index in [4.69, 9.17) is 5.21 Å². The van der Waals surface area contributed by atoms with Gasteiger partial charge in [-0.15, -0.1) is 0 Å². The van der Waals surface area contributed by atoms with Crippen LogP contribution in [-0.2, 0) is 10.0 Å². The fourth-order valence-electron chi connectivity index (χ4n) is 0.921. The average Bonchev–Trinajstić information content (AvgIpc) is 2.17. The Hall–Kier alpha value is -1.60.